The molecule has 1 N–H and O–H groups in total. The van der Waals surface area contributed by atoms with Crippen LogP contribution in [0.3, 0.4) is 0 Å². The first kappa shape index (κ1) is 12.0. The van der Waals surface area contributed by atoms with Crippen molar-refractivity contribution in [1.82, 2.24) is 4.90 Å². The van der Waals surface area contributed by atoms with E-state index in [1.807, 2.05) is 12.1 Å². The van der Waals surface area contributed by atoms with Crippen molar-refractivity contribution in [3.63, 3.8) is 0 Å². The molecule has 98 valence electrons. The molecule has 2 heterocycles. The Morgan fingerprint density at radius 2 is 2.28 bits per heavy atom. The third-order valence-electron chi connectivity index (χ3n) is 4.33. The molecule has 18 heavy (non-hydrogen) atoms. The lowest BCUT2D eigenvalue weighted by atomic mass is 9.88. The molecule has 2 aliphatic rings. The van der Waals surface area contributed by atoms with E-state index in [2.05, 4.69) is 24.9 Å². The van der Waals surface area contributed by atoms with Gasteiger partial charge in [-0.25, -0.2) is 0 Å². The van der Waals surface area contributed by atoms with Crippen LogP contribution in [0.2, 0.25) is 0 Å². The Hall–Kier alpha value is -1.06. The summed E-state index contributed by atoms with van der Waals surface area (Å²) in [6.45, 7) is 3.62. The normalized spacial score (nSPS) is 32.1. The summed E-state index contributed by atoms with van der Waals surface area (Å²) >= 11 is 0. The minimum atomic E-state index is -0.753. The van der Waals surface area contributed by atoms with Gasteiger partial charge >= 0.3 is 0 Å². The van der Waals surface area contributed by atoms with Gasteiger partial charge in [-0.15, -0.1) is 0 Å². The lowest BCUT2D eigenvalue weighted by molar-refractivity contribution is 0.0447. The monoisotopic (exact) mass is 247 g/mol. The van der Waals surface area contributed by atoms with Crippen molar-refractivity contribution < 1.29 is 9.84 Å². The van der Waals surface area contributed by atoms with Gasteiger partial charge in [0.25, 0.3) is 0 Å². The zero-order valence-electron chi connectivity index (χ0n) is 11.1. The third-order valence-corrected chi connectivity index (χ3v) is 4.33. The van der Waals surface area contributed by atoms with Crippen LogP contribution in [0, 0.1) is 0 Å². The number of benzene rings is 1. The predicted octanol–water partition coefficient (Wildman–Crippen LogP) is 1.92. The zero-order valence-corrected chi connectivity index (χ0v) is 11.1. The van der Waals surface area contributed by atoms with Crippen molar-refractivity contribution in [2.75, 3.05) is 20.2 Å². The van der Waals surface area contributed by atoms with Gasteiger partial charge in [-0.3, -0.25) is 0 Å². The molecule has 0 saturated carbocycles. The number of β-amino-alcohol motifs (C(OH)–C–C–N with tert-alkyl or cyclic N) is 1. The van der Waals surface area contributed by atoms with E-state index < -0.39 is 5.60 Å². The third kappa shape index (κ3) is 1.82. The van der Waals surface area contributed by atoms with E-state index in [1.165, 1.54) is 5.56 Å². The Kier molecular flexibility index (Phi) is 2.83. The summed E-state index contributed by atoms with van der Waals surface area (Å²) in [7, 11) is 2.07. The van der Waals surface area contributed by atoms with Crippen LogP contribution < -0.4 is 4.74 Å². The van der Waals surface area contributed by atoms with E-state index in [-0.39, 0.29) is 0 Å². The molecule has 2 aliphatic heterocycles. The van der Waals surface area contributed by atoms with Crippen molar-refractivity contribution in [2.24, 2.45) is 0 Å². The maximum atomic E-state index is 10.9. The maximum absolute atomic E-state index is 10.9. The second-order valence-corrected chi connectivity index (χ2v) is 5.75. The Morgan fingerprint density at radius 1 is 1.44 bits per heavy atom. The number of para-hydroxylation sites is 1. The smallest absolute Gasteiger partial charge is 0.128 e. The number of ether oxygens (including phenoxy) is 1. The average Bonchev–Trinajstić information content (AvgIpc) is 2.63. The summed E-state index contributed by atoms with van der Waals surface area (Å²) in [5.41, 5.74) is 1.47. The molecule has 2 atom stereocenters. The Labute approximate surface area is 108 Å². The van der Waals surface area contributed by atoms with E-state index in [9.17, 15) is 5.11 Å². The number of fused-ring (bicyclic) bond motifs is 1. The Bertz CT molecular complexity index is 448. The summed E-state index contributed by atoms with van der Waals surface area (Å²) in [6.07, 6.45) is 2.92. The molecule has 0 spiro atoms. The lowest BCUT2D eigenvalue weighted by Crippen LogP contribution is -2.30. The fourth-order valence-corrected chi connectivity index (χ4v) is 3.23. The molecular formula is C15H21NO2. The zero-order chi connectivity index (χ0) is 12.8. The second-order valence-electron chi connectivity index (χ2n) is 5.75. The first-order valence-electron chi connectivity index (χ1n) is 6.78. The number of aliphatic hydroxyl groups is 1. The molecule has 3 rings (SSSR count). The maximum Gasteiger partial charge on any atom is 0.128 e. The van der Waals surface area contributed by atoms with E-state index in [4.69, 9.17) is 4.74 Å². The van der Waals surface area contributed by atoms with Crippen LogP contribution in [0.15, 0.2) is 18.2 Å². The minimum absolute atomic E-state index is 0.412. The van der Waals surface area contributed by atoms with Crippen LogP contribution in [0.25, 0.3) is 0 Å². The summed E-state index contributed by atoms with van der Waals surface area (Å²) in [6, 6.07) is 6.60. The molecule has 1 aromatic rings. The van der Waals surface area contributed by atoms with Crippen molar-refractivity contribution in [1.29, 1.82) is 0 Å². The highest BCUT2D eigenvalue weighted by Crippen LogP contribution is 2.42. The van der Waals surface area contributed by atoms with Crippen LogP contribution in [0.4, 0.5) is 0 Å². The SMILES string of the molecule is CC1CC(O)(c2cccc3c2OCCC3)CN1C. The van der Waals surface area contributed by atoms with Crippen molar-refractivity contribution in [2.45, 2.75) is 37.8 Å². The highest BCUT2D eigenvalue weighted by atomic mass is 16.5. The van der Waals surface area contributed by atoms with Crippen LogP contribution in [-0.2, 0) is 12.0 Å². The molecule has 0 aliphatic carbocycles. The molecule has 1 fully saturated rings. The van der Waals surface area contributed by atoms with Crippen molar-refractivity contribution in [3.05, 3.63) is 29.3 Å². The second kappa shape index (κ2) is 4.25. The van der Waals surface area contributed by atoms with Gasteiger partial charge in [0.15, 0.2) is 0 Å². The largest absolute Gasteiger partial charge is 0.493 e. The highest BCUT2D eigenvalue weighted by Gasteiger charge is 2.42. The van der Waals surface area contributed by atoms with Crippen LogP contribution >= 0.6 is 0 Å². The summed E-state index contributed by atoms with van der Waals surface area (Å²) < 4.78 is 5.82. The van der Waals surface area contributed by atoms with Gasteiger partial charge in [-0.2, -0.15) is 0 Å². The Balaban J connectivity index is 2.02. The van der Waals surface area contributed by atoms with Crippen molar-refractivity contribution >= 4 is 0 Å². The van der Waals surface area contributed by atoms with E-state index in [0.717, 1.165) is 37.2 Å². The van der Waals surface area contributed by atoms with Gasteiger partial charge in [-0.05, 0) is 38.8 Å². The molecule has 3 nitrogen and oxygen atoms in total. The number of likely N-dealkylation sites (tertiary alicyclic amines) is 1. The van der Waals surface area contributed by atoms with Gasteiger partial charge in [0, 0.05) is 18.2 Å². The highest BCUT2D eigenvalue weighted by molar-refractivity contribution is 5.46. The number of rotatable bonds is 1. The molecule has 0 aromatic heterocycles. The molecule has 3 heteroatoms. The molecule has 1 saturated heterocycles. The average molecular weight is 247 g/mol. The van der Waals surface area contributed by atoms with Gasteiger partial charge in [-0.1, -0.05) is 18.2 Å². The van der Waals surface area contributed by atoms with Gasteiger partial charge in [0.1, 0.15) is 11.4 Å². The van der Waals surface area contributed by atoms with Crippen molar-refractivity contribution in [3.8, 4) is 5.75 Å². The van der Waals surface area contributed by atoms with Crippen LogP contribution in [0.5, 0.6) is 5.75 Å². The molecular weight excluding hydrogens is 226 g/mol. The fraction of sp³-hybridized carbons (Fsp3) is 0.600. The fourth-order valence-electron chi connectivity index (χ4n) is 3.23. The summed E-state index contributed by atoms with van der Waals surface area (Å²) in [5, 5.41) is 10.9. The number of hydrogen-bond acceptors (Lipinski definition) is 3. The topological polar surface area (TPSA) is 32.7 Å². The number of hydrogen-bond donors (Lipinski definition) is 1. The molecule has 1 aromatic carbocycles. The summed E-state index contributed by atoms with van der Waals surface area (Å²) in [4.78, 5) is 2.21. The van der Waals surface area contributed by atoms with Crippen LogP contribution in [-0.4, -0.2) is 36.2 Å². The molecule has 0 amide bonds. The van der Waals surface area contributed by atoms with E-state index in [0.29, 0.717) is 12.6 Å². The van der Waals surface area contributed by atoms with Gasteiger partial charge in [0.05, 0.1) is 6.61 Å². The number of aryl methyl sites for hydroxylation is 1. The van der Waals surface area contributed by atoms with E-state index in [1.54, 1.807) is 0 Å². The molecule has 0 bridgehead atoms. The first-order chi connectivity index (χ1) is 8.60. The van der Waals surface area contributed by atoms with E-state index >= 15 is 0 Å². The minimum Gasteiger partial charge on any atom is -0.493 e. The summed E-state index contributed by atoms with van der Waals surface area (Å²) in [5.74, 6) is 0.939. The Morgan fingerprint density at radius 3 is 3.00 bits per heavy atom. The molecule has 0 radical (unpaired) electrons. The predicted molar refractivity (Wildman–Crippen MR) is 70.9 cm³/mol. The number of likely N-dealkylation sites (N-methyl/N-ethyl adjacent to an activating group) is 1. The number of nitrogens with zero attached hydrogens (tertiary/aromatic N) is 1. The lowest BCUT2D eigenvalue weighted by Gasteiger charge is -2.28. The standard InChI is InChI=1S/C15H21NO2/c1-11-9-15(17,10-16(11)2)13-7-3-5-12-6-4-8-18-14(12)13/h3,5,7,11,17H,4,6,8-10H2,1-2H3. The quantitative estimate of drug-likeness (QED) is 0.823. The van der Waals surface area contributed by atoms with Gasteiger partial charge in [0.2, 0.25) is 0 Å². The van der Waals surface area contributed by atoms with Crippen LogP contribution in [0.1, 0.15) is 30.9 Å². The first-order valence-corrected chi connectivity index (χ1v) is 6.78. The van der Waals surface area contributed by atoms with Gasteiger partial charge < -0.3 is 14.7 Å². The molecule has 2 unspecified atom stereocenters.